The van der Waals surface area contributed by atoms with Crippen LogP contribution in [-0.2, 0) is 17.6 Å². The van der Waals surface area contributed by atoms with Crippen LogP contribution in [0.5, 0.6) is 0 Å². The van der Waals surface area contributed by atoms with E-state index in [1.165, 1.54) is 35.2 Å². The Morgan fingerprint density at radius 2 is 1.65 bits per heavy atom. The smallest absolute Gasteiger partial charge is 0.155 e. The van der Waals surface area contributed by atoms with Gasteiger partial charge in [0.25, 0.3) is 0 Å². The lowest BCUT2D eigenvalue weighted by atomic mass is 10.0. The Morgan fingerprint density at radius 1 is 0.971 bits per heavy atom. The van der Waals surface area contributed by atoms with Crippen LogP contribution in [0.1, 0.15) is 30.9 Å². The maximum absolute atomic E-state index is 9.61. The predicted molar refractivity (Wildman–Crippen MR) is 136 cm³/mol. The van der Waals surface area contributed by atoms with Gasteiger partial charge in [0.15, 0.2) is 5.82 Å². The number of ether oxygens (including phenoxy) is 1. The van der Waals surface area contributed by atoms with E-state index >= 15 is 0 Å². The van der Waals surface area contributed by atoms with Gasteiger partial charge in [0.05, 0.1) is 19.3 Å². The second-order valence-corrected chi connectivity index (χ2v) is 9.16. The van der Waals surface area contributed by atoms with E-state index in [1.807, 2.05) is 6.92 Å². The molecular weight excluding hydrogens is 424 g/mol. The number of aliphatic hydroxyl groups excluding tert-OH is 1. The first-order valence-electron chi connectivity index (χ1n) is 12.1. The molecule has 0 spiro atoms. The molecule has 2 fully saturated rings. The molecule has 2 aromatic carbocycles. The van der Waals surface area contributed by atoms with E-state index in [2.05, 4.69) is 68.7 Å². The van der Waals surface area contributed by atoms with Crippen molar-refractivity contribution in [3.8, 4) is 11.3 Å². The number of morpholine rings is 1. The second-order valence-electron chi connectivity index (χ2n) is 9.16. The zero-order valence-electron chi connectivity index (χ0n) is 19.7. The summed E-state index contributed by atoms with van der Waals surface area (Å²) >= 11 is 0. The number of benzene rings is 2. The van der Waals surface area contributed by atoms with Gasteiger partial charge in [-0.2, -0.15) is 0 Å². The molecule has 2 aliphatic rings. The Balaban J connectivity index is 1.29. The van der Waals surface area contributed by atoms with Crippen molar-refractivity contribution in [2.24, 2.45) is 0 Å². The molecule has 1 saturated heterocycles. The minimum Gasteiger partial charge on any atom is -0.393 e. The van der Waals surface area contributed by atoms with Gasteiger partial charge < -0.3 is 20.1 Å². The fraction of sp³-hybridized carbons (Fsp3) is 0.357. The van der Waals surface area contributed by atoms with Crippen LogP contribution in [0, 0.1) is 0 Å². The minimum atomic E-state index is -0.313. The molecule has 0 amide bonds. The summed E-state index contributed by atoms with van der Waals surface area (Å²) in [7, 11) is 0. The lowest BCUT2D eigenvalue weighted by molar-refractivity contribution is 0.122. The van der Waals surface area contributed by atoms with Crippen molar-refractivity contribution >= 4 is 11.5 Å². The second kappa shape index (κ2) is 10.4. The zero-order chi connectivity index (χ0) is 23.3. The largest absolute Gasteiger partial charge is 0.393 e. The number of aromatic nitrogens is 2. The summed E-state index contributed by atoms with van der Waals surface area (Å²) in [5.41, 5.74) is 8.31. The molecule has 1 aromatic heterocycles. The van der Waals surface area contributed by atoms with Crippen molar-refractivity contribution in [3.63, 3.8) is 0 Å². The van der Waals surface area contributed by atoms with Crippen molar-refractivity contribution in [2.45, 2.75) is 38.7 Å². The normalized spacial score (nSPS) is 16.3. The third kappa shape index (κ3) is 5.64. The van der Waals surface area contributed by atoms with Crippen LogP contribution in [-0.4, -0.2) is 47.5 Å². The Bertz CT molecular complexity index is 1130. The van der Waals surface area contributed by atoms with Crippen molar-refractivity contribution < 1.29 is 9.84 Å². The van der Waals surface area contributed by atoms with Crippen LogP contribution >= 0.6 is 0 Å². The van der Waals surface area contributed by atoms with Gasteiger partial charge in [0.1, 0.15) is 5.69 Å². The molecule has 6 nitrogen and oxygen atoms in total. The van der Waals surface area contributed by atoms with Crippen molar-refractivity contribution in [1.82, 2.24) is 9.97 Å². The molecule has 6 heteroatoms. The average molecular weight is 457 g/mol. The first-order valence-corrected chi connectivity index (χ1v) is 12.1. The lowest BCUT2D eigenvalue weighted by Gasteiger charge is -2.28. The Morgan fingerprint density at radius 3 is 2.32 bits per heavy atom. The maximum atomic E-state index is 9.61. The van der Waals surface area contributed by atoms with Crippen molar-refractivity contribution in [2.75, 3.05) is 36.5 Å². The number of allylic oxidation sites excluding steroid dienone is 2. The summed E-state index contributed by atoms with van der Waals surface area (Å²) in [5, 5.41) is 13.3. The third-order valence-electron chi connectivity index (χ3n) is 6.30. The molecule has 2 N–H and O–H groups in total. The first-order chi connectivity index (χ1) is 16.7. The molecule has 0 bridgehead atoms. The molecular formula is C28H32N4O2. The SMILES string of the molecule is CC(O)Cc1ccc(CC(Nc2ccc(-c3nccnc3N3CCOCC3)cc2)=C2CC2)cc1. The number of hydrogen-bond donors (Lipinski definition) is 2. The van der Waals surface area contributed by atoms with Crippen molar-refractivity contribution in [3.05, 3.63) is 83.3 Å². The number of nitrogens with one attached hydrogen (secondary N) is 1. The zero-order valence-corrected chi connectivity index (χ0v) is 19.7. The molecule has 0 radical (unpaired) electrons. The number of nitrogens with zero attached hydrogens (tertiary/aromatic N) is 3. The molecule has 1 atom stereocenters. The highest BCUT2D eigenvalue weighted by atomic mass is 16.5. The number of anilines is 2. The van der Waals surface area contributed by atoms with Gasteiger partial charge >= 0.3 is 0 Å². The topological polar surface area (TPSA) is 70.5 Å². The van der Waals surface area contributed by atoms with Crippen LogP contribution in [0.25, 0.3) is 11.3 Å². The molecule has 1 aliphatic carbocycles. The molecule has 5 rings (SSSR count). The van der Waals surface area contributed by atoms with Crippen LogP contribution in [0.4, 0.5) is 11.5 Å². The predicted octanol–water partition coefficient (Wildman–Crippen LogP) is 4.61. The van der Waals surface area contributed by atoms with E-state index in [-0.39, 0.29) is 6.10 Å². The molecule has 1 saturated carbocycles. The highest BCUT2D eigenvalue weighted by molar-refractivity contribution is 5.73. The van der Waals surface area contributed by atoms with E-state index in [0.29, 0.717) is 6.42 Å². The Hall–Kier alpha value is -3.22. The Kier molecular flexibility index (Phi) is 6.88. The molecule has 2 heterocycles. The summed E-state index contributed by atoms with van der Waals surface area (Å²) < 4.78 is 5.49. The molecule has 3 aromatic rings. The summed E-state index contributed by atoms with van der Waals surface area (Å²) in [5.74, 6) is 0.923. The quantitative estimate of drug-likeness (QED) is 0.516. The Labute approximate surface area is 201 Å². The van der Waals surface area contributed by atoms with Crippen molar-refractivity contribution in [1.29, 1.82) is 0 Å². The standard InChI is InChI=1S/C28H32N4O2/c1-20(33)18-21-2-4-22(5-3-21)19-26(23-6-7-23)31-25-10-8-24(9-11-25)27-28(30-13-12-29-27)32-14-16-34-17-15-32/h2-5,8-13,20,31,33H,6-7,14-19H2,1H3. The number of rotatable bonds is 8. The van der Waals surface area contributed by atoms with Gasteiger partial charge in [-0.25, -0.2) is 4.98 Å². The van der Waals surface area contributed by atoms with Crippen LogP contribution in [0.15, 0.2) is 72.2 Å². The highest BCUT2D eigenvalue weighted by Crippen LogP contribution is 2.34. The third-order valence-corrected chi connectivity index (χ3v) is 6.30. The lowest BCUT2D eigenvalue weighted by Crippen LogP contribution is -2.37. The minimum absolute atomic E-state index is 0.313. The highest BCUT2D eigenvalue weighted by Gasteiger charge is 2.20. The van der Waals surface area contributed by atoms with Gasteiger partial charge in [-0.3, -0.25) is 4.98 Å². The van der Waals surface area contributed by atoms with Gasteiger partial charge in [-0.15, -0.1) is 0 Å². The van der Waals surface area contributed by atoms with E-state index in [0.717, 1.165) is 55.5 Å². The van der Waals surface area contributed by atoms with Gasteiger partial charge in [-0.05, 0) is 55.0 Å². The fourth-order valence-electron chi connectivity index (χ4n) is 4.39. The molecule has 34 heavy (non-hydrogen) atoms. The number of hydrogen-bond acceptors (Lipinski definition) is 6. The molecule has 176 valence electrons. The maximum Gasteiger partial charge on any atom is 0.155 e. The van der Waals surface area contributed by atoms with E-state index < -0.39 is 0 Å². The summed E-state index contributed by atoms with van der Waals surface area (Å²) in [4.78, 5) is 11.5. The van der Waals surface area contributed by atoms with Crippen LogP contribution < -0.4 is 10.2 Å². The van der Waals surface area contributed by atoms with E-state index in [4.69, 9.17) is 4.74 Å². The van der Waals surface area contributed by atoms with Gasteiger partial charge in [0.2, 0.25) is 0 Å². The first kappa shape index (κ1) is 22.6. The summed E-state index contributed by atoms with van der Waals surface area (Å²) in [6, 6.07) is 17.1. The van der Waals surface area contributed by atoms with Gasteiger partial charge in [-0.1, -0.05) is 36.4 Å². The van der Waals surface area contributed by atoms with Gasteiger partial charge in [0, 0.05) is 48.9 Å². The fourth-order valence-corrected chi connectivity index (χ4v) is 4.39. The van der Waals surface area contributed by atoms with E-state index in [9.17, 15) is 5.11 Å². The molecule has 1 aliphatic heterocycles. The molecule has 1 unspecified atom stereocenters. The van der Waals surface area contributed by atoms with Crippen LogP contribution in [0.2, 0.25) is 0 Å². The average Bonchev–Trinajstić information content (AvgIpc) is 3.71. The summed E-state index contributed by atoms with van der Waals surface area (Å²) in [6.45, 7) is 4.94. The number of aliphatic hydroxyl groups is 1. The van der Waals surface area contributed by atoms with E-state index in [1.54, 1.807) is 12.4 Å². The monoisotopic (exact) mass is 456 g/mol. The van der Waals surface area contributed by atoms with Crippen LogP contribution in [0.3, 0.4) is 0 Å². The summed E-state index contributed by atoms with van der Waals surface area (Å²) in [6.07, 6.45) is 7.12.